The molecule has 0 aromatic carbocycles. The molecule has 3 rings (SSSR count). The van der Waals surface area contributed by atoms with Gasteiger partial charge in [0.2, 0.25) is 5.88 Å². The number of methoxy groups -OCH3 is 1. The van der Waals surface area contributed by atoms with Crippen molar-refractivity contribution in [1.82, 2.24) is 9.88 Å². The Hall–Kier alpha value is -1.34. The molecule has 0 amide bonds. The standard InChI is InChI=1S/C16H21F3N2O2/c1-22-11-15-5-2-8-21(15)13(3-6-15)10-23-14-9-12(4-7-20-14)16(17,18)19/h4,7,9,13H,2-3,5-6,8,10-11H2,1H3/t13-,15-/m0/s1. The predicted octanol–water partition coefficient (Wildman–Crippen LogP) is 3.12. The van der Waals surface area contributed by atoms with Crippen LogP contribution in [0.5, 0.6) is 5.88 Å². The molecule has 1 aromatic heterocycles. The van der Waals surface area contributed by atoms with Crippen LogP contribution in [0.4, 0.5) is 13.2 Å². The summed E-state index contributed by atoms with van der Waals surface area (Å²) in [5.41, 5.74) is -0.645. The van der Waals surface area contributed by atoms with Crippen molar-refractivity contribution >= 4 is 0 Å². The van der Waals surface area contributed by atoms with E-state index in [1.54, 1.807) is 7.11 Å². The largest absolute Gasteiger partial charge is 0.476 e. The number of rotatable bonds is 5. The number of fused-ring (bicyclic) bond motifs is 1. The van der Waals surface area contributed by atoms with Crippen molar-refractivity contribution in [3.05, 3.63) is 23.9 Å². The summed E-state index contributed by atoms with van der Waals surface area (Å²) in [5, 5.41) is 0. The average molecular weight is 330 g/mol. The Morgan fingerprint density at radius 3 is 2.96 bits per heavy atom. The second kappa shape index (κ2) is 6.28. The lowest BCUT2D eigenvalue weighted by atomic mass is 9.95. The molecule has 7 heteroatoms. The van der Waals surface area contributed by atoms with Gasteiger partial charge in [-0.1, -0.05) is 0 Å². The molecule has 1 aromatic rings. The third-order valence-corrected chi connectivity index (χ3v) is 4.93. The van der Waals surface area contributed by atoms with Crippen LogP contribution >= 0.6 is 0 Å². The van der Waals surface area contributed by atoms with Gasteiger partial charge in [0.1, 0.15) is 6.61 Å². The minimum atomic E-state index is -4.38. The molecule has 2 atom stereocenters. The van der Waals surface area contributed by atoms with Crippen LogP contribution in [0.2, 0.25) is 0 Å². The fourth-order valence-electron chi connectivity index (χ4n) is 3.90. The molecule has 2 saturated heterocycles. The average Bonchev–Trinajstić information content (AvgIpc) is 3.04. The Morgan fingerprint density at radius 2 is 2.22 bits per heavy atom. The van der Waals surface area contributed by atoms with E-state index in [0.717, 1.165) is 50.6 Å². The lowest BCUT2D eigenvalue weighted by molar-refractivity contribution is -0.137. The zero-order valence-electron chi connectivity index (χ0n) is 13.1. The smallest absolute Gasteiger partial charge is 0.416 e. The summed E-state index contributed by atoms with van der Waals surface area (Å²) in [6.45, 7) is 2.05. The van der Waals surface area contributed by atoms with E-state index in [4.69, 9.17) is 9.47 Å². The van der Waals surface area contributed by atoms with Crippen molar-refractivity contribution in [3.63, 3.8) is 0 Å². The number of pyridine rings is 1. The second-order valence-electron chi connectivity index (χ2n) is 6.34. The van der Waals surface area contributed by atoms with Gasteiger partial charge in [0.05, 0.1) is 12.2 Å². The normalized spacial score (nSPS) is 28.1. The first-order valence-electron chi connectivity index (χ1n) is 7.86. The number of nitrogens with zero attached hydrogens (tertiary/aromatic N) is 2. The first-order chi connectivity index (χ1) is 10.9. The van der Waals surface area contributed by atoms with E-state index in [1.165, 1.54) is 0 Å². The SMILES string of the molecule is COC[C@@]12CCCN1[C@H](COc1cc(C(F)(F)F)ccn1)CC2. The number of alkyl halides is 3. The van der Waals surface area contributed by atoms with Crippen LogP contribution in [0.25, 0.3) is 0 Å². The second-order valence-corrected chi connectivity index (χ2v) is 6.34. The molecule has 0 aliphatic carbocycles. The summed E-state index contributed by atoms with van der Waals surface area (Å²) in [6.07, 6.45) is 1.02. The highest BCUT2D eigenvalue weighted by atomic mass is 19.4. The minimum Gasteiger partial charge on any atom is -0.476 e. The summed E-state index contributed by atoms with van der Waals surface area (Å²) in [5.74, 6) is 0.0308. The van der Waals surface area contributed by atoms with E-state index in [1.807, 2.05) is 0 Å². The molecule has 0 radical (unpaired) electrons. The monoisotopic (exact) mass is 330 g/mol. The topological polar surface area (TPSA) is 34.6 Å². The fraction of sp³-hybridized carbons (Fsp3) is 0.688. The third-order valence-electron chi connectivity index (χ3n) is 4.93. The molecule has 128 valence electrons. The maximum Gasteiger partial charge on any atom is 0.416 e. The van der Waals surface area contributed by atoms with Gasteiger partial charge in [-0.2, -0.15) is 13.2 Å². The third kappa shape index (κ3) is 3.30. The van der Waals surface area contributed by atoms with Gasteiger partial charge in [-0.05, 0) is 38.3 Å². The highest BCUT2D eigenvalue weighted by molar-refractivity contribution is 5.23. The van der Waals surface area contributed by atoms with Crippen molar-refractivity contribution in [1.29, 1.82) is 0 Å². The summed E-state index contributed by atoms with van der Waals surface area (Å²) in [4.78, 5) is 6.29. The molecular weight excluding hydrogens is 309 g/mol. The Morgan fingerprint density at radius 1 is 1.39 bits per heavy atom. The van der Waals surface area contributed by atoms with E-state index < -0.39 is 11.7 Å². The number of aromatic nitrogens is 1. The molecule has 0 bridgehead atoms. The first kappa shape index (κ1) is 16.5. The molecule has 2 aliphatic heterocycles. The zero-order valence-corrected chi connectivity index (χ0v) is 13.1. The molecule has 0 saturated carbocycles. The highest BCUT2D eigenvalue weighted by Gasteiger charge is 2.49. The fourth-order valence-corrected chi connectivity index (χ4v) is 3.90. The number of ether oxygens (including phenoxy) is 2. The molecular formula is C16H21F3N2O2. The Kier molecular flexibility index (Phi) is 4.51. The van der Waals surface area contributed by atoms with Gasteiger partial charge in [-0.15, -0.1) is 0 Å². The summed E-state index contributed by atoms with van der Waals surface area (Å²) in [7, 11) is 1.71. The van der Waals surface area contributed by atoms with Gasteiger partial charge in [0.25, 0.3) is 0 Å². The maximum absolute atomic E-state index is 12.7. The quantitative estimate of drug-likeness (QED) is 0.831. The van der Waals surface area contributed by atoms with Crippen molar-refractivity contribution in [2.45, 2.75) is 43.4 Å². The predicted molar refractivity (Wildman–Crippen MR) is 78.3 cm³/mol. The van der Waals surface area contributed by atoms with E-state index in [0.29, 0.717) is 13.2 Å². The van der Waals surface area contributed by atoms with Crippen LogP contribution < -0.4 is 4.74 Å². The number of hydrogen-bond acceptors (Lipinski definition) is 4. The minimum absolute atomic E-state index is 0.0308. The maximum atomic E-state index is 12.7. The van der Waals surface area contributed by atoms with Gasteiger partial charge in [0, 0.05) is 31.0 Å². The molecule has 4 nitrogen and oxygen atoms in total. The Bertz CT molecular complexity index is 552. The molecule has 2 fully saturated rings. The summed E-state index contributed by atoms with van der Waals surface area (Å²) >= 11 is 0. The Balaban J connectivity index is 1.63. The van der Waals surface area contributed by atoms with Crippen molar-refractivity contribution in [3.8, 4) is 5.88 Å². The molecule has 0 spiro atoms. The van der Waals surface area contributed by atoms with Gasteiger partial charge in [0.15, 0.2) is 0 Å². The van der Waals surface area contributed by atoms with Crippen LogP contribution in [0.3, 0.4) is 0 Å². The van der Waals surface area contributed by atoms with Crippen LogP contribution in [0.1, 0.15) is 31.2 Å². The van der Waals surface area contributed by atoms with Crippen LogP contribution in [-0.2, 0) is 10.9 Å². The van der Waals surface area contributed by atoms with E-state index in [2.05, 4.69) is 9.88 Å². The van der Waals surface area contributed by atoms with Crippen LogP contribution in [-0.4, -0.2) is 48.3 Å². The zero-order chi connectivity index (χ0) is 16.5. The number of halogens is 3. The number of hydrogen-bond donors (Lipinski definition) is 0. The lowest BCUT2D eigenvalue weighted by Crippen LogP contribution is -2.47. The Labute approximate surface area is 133 Å². The molecule has 2 aliphatic rings. The van der Waals surface area contributed by atoms with E-state index >= 15 is 0 Å². The lowest BCUT2D eigenvalue weighted by Gasteiger charge is -2.34. The summed E-state index contributed by atoms with van der Waals surface area (Å²) < 4.78 is 49.1. The van der Waals surface area contributed by atoms with Crippen molar-refractivity contribution in [2.24, 2.45) is 0 Å². The van der Waals surface area contributed by atoms with Crippen molar-refractivity contribution < 1.29 is 22.6 Å². The van der Waals surface area contributed by atoms with Gasteiger partial charge >= 0.3 is 6.18 Å². The molecule has 3 heterocycles. The van der Waals surface area contributed by atoms with Gasteiger partial charge in [-0.3, -0.25) is 4.90 Å². The van der Waals surface area contributed by atoms with Crippen LogP contribution in [0, 0.1) is 0 Å². The van der Waals surface area contributed by atoms with Crippen molar-refractivity contribution in [2.75, 3.05) is 26.9 Å². The van der Waals surface area contributed by atoms with Gasteiger partial charge in [-0.25, -0.2) is 4.98 Å². The van der Waals surface area contributed by atoms with Crippen LogP contribution in [0.15, 0.2) is 18.3 Å². The molecule has 23 heavy (non-hydrogen) atoms. The molecule has 0 unspecified atom stereocenters. The highest BCUT2D eigenvalue weighted by Crippen LogP contribution is 2.42. The van der Waals surface area contributed by atoms with Gasteiger partial charge < -0.3 is 9.47 Å². The van der Waals surface area contributed by atoms with E-state index in [9.17, 15) is 13.2 Å². The molecule has 0 N–H and O–H groups in total. The first-order valence-corrected chi connectivity index (χ1v) is 7.86. The summed E-state index contributed by atoms with van der Waals surface area (Å²) in [6, 6.07) is 2.12. The van der Waals surface area contributed by atoms with E-state index in [-0.39, 0.29) is 17.5 Å².